The normalized spacial score (nSPS) is 11.0. The highest BCUT2D eigenvalue weighted by atomic mass is 35.5. The molecule has 4 heteroatoms. The summed E-state index contributed by atoms with van der Waals surface area (Å²) in [5.41, 5.74) is 2.98. The molecule has 3 nitrogen and oxygen atoms in total. The minimum atomic E-state index is 0.0482. The van der Waals surface area contributed by atoms with E-state index < -0.39 is 0 Å². The Morgan fingerprint density at radius 2 is 1.44 bits per heavy atom. The number of benzene rings is 2. The molecule has 0 saturated heterocycles. The molecule has 178 valence electrons. The zero-order valence-corrected chi connectivity index (χ0v) is 20.6. The highest BCUT2D eigenvalue weighted by Crippen LogP contribution is 2.26. The van der Waals surface area contributed by atoms with Crippen LogP contribution in [0.3, 0.4) is 0 Å². The highest BCUT2D eigenvalue weighted by molar-refractivity contribution is 6.32. The molecule has 2 aromatic carbocycles. The molecule has 32 heavy (non-hydrogen) atoms. The van der Waals surface area contributed by atoms with Crippen LogP contribution in [0.5, 0.6) is 5.75 Å². The van der Waals surface area contributed by atoms with Crippen LogP contribution in [0.25, 0.3) is 0 Å². The standard InChI is InChI=1S/C28H42ClNO2/c1-2-3-4-5-6-7-8-9-10-11-12-13-19-32-28-18-17-24(21-27(28)29)22-30-26-16-14-15-25(20-26)23-31/h14-18,20-21,30-31H,2-13,19,22-23H2,1H3. The fourth-order valence-electron chi connectivity index (χ4n) is 3.88. The Bertz CT molecular complexity index is 750. The van der Waals surface area contributed by atoms with Gasteiger partial charge in [-0.05, 0) is 41.8 Å². The second-order valence-corrected chi connectivity index (χ2v) is 9.12. The van der Waals surface area contributed by atoms with Crippen LogP contribution >= 0.6 is 11.6 Å². The number of rotatable bonds is 18. The van der Waals surface area contributed by atoms with E-state index in [4.69, 9.17) is 16.3 Å². The molecule has 0 atom stereocenters. The van der Waals surface area contributed by atoms with Crippen LogP contribution in [0.15, 0.2) is 42.5 Å². The Hall–Kier alpha value is -1.71. The first-order chi connectivity index (χ1) is 15.7. The van der Waals surface area contributed by atoms with Gasteiger partial charge in [-0.25, -0.2) is 0 Å². The summed E-state index contributed by atoms with van der Waals surface area (Å²) >= 11 is 6.42. The Kier molecular flexibility index (Phi) is 14.0. The van der Waals surface area contributed by atoms with E-state index in [-0.39, 0.29) is 6.61 Å². The van der Waals surface area contributed by atoms with Crippen LogP contribution in [0.2, 0.25) is 5.02 Å². The quantitative estimate of drug-likeness (QED) is 0.219. The molecule has 0 bridgehead atoms. The summed E-state index contributed by atoms with van der Waals surface area (Å²) in [7, 11) is 0. The average molecular weight is 460 g/mol. The summed E-state index contributed by atoms with van der Waals surface area (Å²) in [5.74, 6) is 0.765. The number of aliphatic hydroxyl groups excluding tert-OH is 1. The molecule has 2 rings (SSSR count). The molecule has 0 heterocycles. The first kappa shape index (κ1) is 26.5. The first-order valence-corrected chi connectivity index (χ1v) is 13.0. The Labute approximate surface area is 200 Å². The predicted octanol–water partition coefficient (Wildman–Crippen LogP) is 8.52. The van der Waals surface area contributed by atoms with E-state index in [2.05, 4.69) is 12.2 Å². The van der Waals surface area contributed by atoms with E-state index in [1.54, 1.807) is 0 Å². The van der Waals surface area contributed by atoms with Crippen molar-refractivity contribution < 1.29 is 9.84 Å². The maximum atomic E-state index is 9.25. The van der Waals surface area contributed by atoms with Gasteiger partial charge in [0, 0.05) is 12.2 Å². The maximum absolute atomic E-state index is 9.25. The number of nitrogens with one attached hydrogen (secondary N) is 1. The number of unbranched alkanes of at least 4 members (excludes halogenated alkanes) is 11. The van der Waals surface area contributed by atoms with Crippen molar-refractivity contribution in [2.24, 2.45) is 0 Å². The third-order valence-corrected chi connectivity index (χ3v) is 6.15. The van der Waals surface area contributed by atoms with Gasteiger partial charge in [0.15, 0.2) is 0 Å². The molecule has 0 aliphatic rings. The second-order valence-electron chi connectivity index (χ2n) is 8.71. The van der Waals surface area contributed by atoms with Crippen LogP contribution in [0.1, 0.15) is 95.1 Å². The molecule has 0 aromatic heterocycles. The van der Waals surface area contributed by atoms with E-state index in [1.807, 2.05) is 42.5 Å². The monoisotopic (exact) mass is 459 g/mol. The molecule has 0 amide bonds. The van der Waals surface area contributed by atoms with Crippen LogP contribution in [-0.4, -0.2) is 11.7 Å². The van der Waals surface area contributed by atoms with E-state index in [1.165, 1.54) is 70.6 Å². The smallest absolute Gasteiger partial charge is 0.137 e. The lowest BCUT2D eigenvalue weighted by atomic mass is 10.1. The number of ether oxygens (including phenoxy) is 1. The lowest BCUT2D eigenvalue weighted by molar-refractivity contribution is 0.282. The number of aliphatic hydroxyl groups is 1. The van der Waals surface area contributed by atoms with Crippen molar-refractivity contribution in [2.45, 2.75) is 97.1 Å². The molecule has 0 saturated carbocycles. The van der Waals surface area contributed by atoms with E-state index >= 15 is 0 Å². The molecule has 0 spiro atoms. The molecule has 0 aliphatic heterocycles. The van der Waals surface area contributed by atoms with Gasteiger partial charge in [-0.3, -0.25) is 0 Å². The Morgan fingerprint density at radius 1 is 0.781 bits per heavy atom. The van der Waals surface area contributed by atoms with Crippen LogP contribution in [-0.2, 0) is 13.2 Å². The van der Waals surface area contributed by atoms with E-state index in [9.17, 15) is 5.11 Å². The maximum Gasteiger partial charge on any atom is 0.137 e. The summed E-state index contributed by atoms with van der Waals surface area (Å²) < 4.78 is 5.90. The molecule has 2 N–H and O–H groups in total. The average Bonchev–Trinajstić information content (AvgIpc) is 2.82. The van der Waals surface area contributed by atoms with Gasteiger partial charge in [0.25, 0.3) is 0 Å². The van der Waals surface area contributed by atoms with Gasteiger partial charge >= 0.3 is 0 Å². The zero-order chi connectivity index (χ0) is 22.9. The lowest BCUT2D eigenvalue weighted by Crippen LogP contribution is -2.01. The molecule has 0 radical (unpaired) electrons. The minimum Gasteiger partial charge on any atom is -0.492 e. The summed E-state index contributed by atoms with van der Waals surface area (Å²) in [4.78, 5) is 0. The topological polar surface area (TPSA) is 41.5 Å². The van der Waals surface area contributed by atoms with Crippen molar-refractivity contribution in [2.75, 3.05) is 11.9 Å². The van der Waals surface area contributed by atoms with Crippen LogP contribution in [0.4, 0.5) is 5.69 Å². The number of halogens is 1. The third kappa shape index (κ3) is 11.2. The lowest BCUT2D eigenvalue weighted by Gasteiger charge is -2.11. The predicted molar refractivity (Wildman–Crippen MR) is 138 cm³/mol. The number of hydrogen-bond acceptors (Lipinski definition) is 3. The van der Waals surface area contributed by atoms with Crippen molar-refractivity contribution in [1.29, 1.82) is 0 Å². The molecule has 0 aliphatic carbocycles. The van der Waals surface area contributed by atoms with Gasteiger partial charge in [-0.1, -0.05) is 107 Å². The van der Waals surface area contributed by atoms with Crippen molar-refractivity contribution in [3.05, 3.63) is 58.6 Å². The van der Waals surface area contributed by atoms with Crippen molar-refractivity contribution >= 4 is 17.3 Å². The largest absolute Gasteiger partial charge is 0.492 e. The van der Waals surface area contributed by atoms with Crippen molar-refractivity contribution in [3.63, 3.8) is 0 Å². The van der Waals surface area contributed by atoms with Gasteiger partial charge in [0.2, 0.25) is 0 Å². The second kappa shape index (κ2) is 16.9. The fraction of sp³-hybridized carbons (Fsp3) is 0.571. The van der Waals surface area contributed by atoms with E-state index in [0.29, 0.717) is 11.6 Å². The third-order valence-electron chi connectivity index (χ3n) is 5.86. The Balaban J connectivity index is 1.53. The molecule has 2 aromatic rings. The van der Waals surface area contributed by atoms with Gasteiger partial charge in [0.1, 0.15) is 5.75 Å². The molecule has 0 fully saturated rings. The summed E-state index contributed by atoms with van der Waals surface area (Å²) in [6.07, 6.45) is 16.1. The fourth-order valence-corrected chi connectivity index (χ4v) is 4.14. The van der Waals surface area contributed by atoms with E-state index in [0.717, 1.165) is 35.6 Å². The van der Waals surface area contributed by atoms with Gasteiger partial charge in [-0.15, -0.1) is 0 Å². The zero-order valence-electron chi connectivity index (χ0n) is 19.9. The molecule has 0 unspecified atom stereocenters. The van der Waals surface area contributed by atoms with Gasteiger partial charge in [0.05, 0.1) is 18.2 Å². The number of hydrogen-bond donors (Lipinski definition) is 2. The van der Waals surface area contributed by atoms with Crippen molar-refractivity contribution in [3.8, 4) is 5.75 Å². The molecular weight excluding hydrogens is 418 g/mol. The SMILES string of the molecule is CCCCCCCCCCCCCCOc1ccc(CNc2cccc(CO)c2)cc1Cl. The van der Waals surface area contributed by atoms with Gasteiger partial charge in [-0.2, -0.15) is 0 Å². The Morgan fingerprint density at radius 3 is 2.06 bits per heavy atom. The first-order valence-electron chi connectivity index (χ1n) is 12.6. The summed E-state index contributed by atoms with van der Waals surface area (Å²) in [5, 5.41) is 13.3. The van der Waals surface area contributed by atoms with Crippen molar-refractivity contribution in [1.82, 2.24) is 0 Å². The summed E-state index contributed by atoms with van der Waals surface area (Å²) in [6, 6.07) is 13.8. The number of anilines is 1. The summed E-state index contributed by atoms with van der Waals surface area (Å²) in [6.45, 7) is 3.72. The molecular formula is C28H42ClNO2. The van der Waals surface area contributed by atoms with Gasteiger partial charge < -0.3 is 15.2 Å². The minimum absolute atomic E-state index is 0.0482. The highest BCUT2D eigenvalue weighted by Gasteiger charge is 2.04. The van der Waals surface area contributed by atoms with Crippen LogP contribution < -0.4 is 10.1 Å². The van der Waals surface area contributed by atoms with Crippen LogP contribution in [0, 0.1) is 0 Å².